The highest BCUT2D eigenvalue weighted by Gasteiger charge is 2.39. The monoisotopic (exact) mass is 649 g/mol. The molecule has 0 aliphatic carbocycles. The Morgan fingerprint density at radius 2 is 1.83 bits per heavy atom. The molecule has 3 N–H and O–H groups in total. The number of ether oxygens (including phenoxy) is 1. The minimum Gasteiger partial charge on any atom is -0.456 e. The van der Waals surface area contributed by atoms with Crippen LogP contribution < -0.4 is 10.6 Å². The minimum atomic E-state index is -4.21. The van der Waals surface area contributed by atoms with Crippen molar-refractivity contribution in [1.29, 1.82) is 0 Å². The highest BCUT2D eigenvalue weighted by atomic mass is 32.2. The second-order valence-corrected chi connectivity index (χ2v) is 13.8. The van der Waals surface area contributed by atoms with E-state index in [4.69, 9.17) is 4.74 Å². The Morgan fingerprint density at radius 3 is 2.54 bits per heavy atom. The Bertz CT molecular complexity index is 1880. The van der Waals surface area contributed by atoms with Crippen molar-refractivity contribution in [3.05, 3.63) is 78.1 Å². The van der Waals surface area contributed by atoms with Crippen molar-refractivity contribution < 1.29 is 31.9 Å². The summed E-state index contributed by atoms with van der Waals surface area (Å²) in [6.07, 6.45) is 0.0980. The lowest BCUT2D eigenvalue weighted by Gasteiger charge is -2.22. The number of tetrazole rings is 1. The van der Waals surface area contributed by atoms with Crippen molar-refractivity contribution in [3.8, 4) is 22.5 Å². The van der Waals surface area contributed by atoms with Crippen LogP contribution in [0.1, 0.15) is 37.6 Å². The van der Waals surface area contributed by atoms with Crippen molar-refractivity contribution in [3.63, 3.8) is 0 Å². The number of urea groups is 1. The van der Waals surface area contributed by atoms with E-state index in [-0.39, 0.29) is 47.6 Å². The molecule has 1 aromatic heterocycles. The number of esters is 1. The minimum absolute atomic E-state index is 0.0980. The largest absolute Gasteiger partial charge is 0.456 e. The SMILES string of the molecule is CC(C)(C)OC(=O)c1ccc(-c2ccccc2F)cc1S(=O)(=O)C1CCN(C(=O)CNC(=O)Nc2cccc(-c3nn[nH]n3)c2)C1. The number of carbonyl (C=O) groups excluding carboxylic acids is 3. The second-order valence-electron chi connectivity index (χ2n) is 11.6. The number of H-pyrrole nitrogens is 1. The fraction of sp³-hybridized carbons (Fsp3) is 0.290. The Hall–Kier alpha value is -5.18. The number of aromatic nitrogens is 4. The molecule has 1 aliphatic heterocycles. The number of sulfone groups is 1. The molecule has 1 unspecified atom stereocenters. The van der Waals surface area contributed by atoms with Crippen LogP contribution in [0.5, 0.6) is 0 Å². The van der Waals surface area contributed by atoms with E-state index in [9.17, 15) is 27.2 Å². The molecule has 3 amide bonds. The number of likely N-dealkylation sites (tertiary alicyclic amines) is 1. The first-order chi connectivity index (χ1) is 21.8. The molecule has 46 heavy (non-hydrogen) atoms. The van der Waals surface area contributed by atoms with E-state index >= 15 is 0 Å². The smallest absolute Gasteiger partial charge is 0.339 e. The average molecular weight is 650 g/mol. The Balaban J connectivity index is 1.28. The molecule has 1 fully saturated rings. The van der Waals surface area contributed by atoms with Gasteiger partial charge in [-0.25, -0.2) is 22.4 Å². The molecule has 0 saturated carbocycles. The number of amides is 3. The van der Waals surface area contributed by atoms with Gasteiger partial charge in [0.05, 0.1) is 22.3 Å². The van der Waals surface area contributed by atoms with Crippen molar-refractivity contribution in [2.45, 2.75) is 42.9 Å². The summed E-state index contributed by atoms with van der Waals surface area (Å²) in [4.78, 5) is 39.6. The van der Waals surface area contributed by atoms with Crippen LogP contribution in [-0.4, -0.2) is 82.3 Å². The Labute approximate surface area is 264 Å². The predicted molar refractivity (Wildman–Crippen MR) is 166 cm³/mol. The lowest BCUT2D eigenvalue weighted by Crippen LogP contribution is -2.41. The van der Waals surface area contributed by atoms with Gasteiger partial charge >= 0.3 is 12.0 Å². The number of aromatic amines is 1. The van der Waals surface area contributed by atoms with Gasteiger partial charge in [0.2, 0.25) is 11.7 Å². The van der Waals surface area contributed by atoms with Gasteiger partial charge in [-0.2, -0.15) is 5.21 Å². The van der Waals surface area contributed by atoms with Gasteiger partial charge in [0, 0.05) is 29.9 Å². The van der Waals surface area contributed by atoms with Crippen molar-refractivity contribution in [1.82, 2.24) is 30.8 Å². The summed E-state index contributed by atoms with van der Waals surface area (Å²) < 4.78 is 48.1. The lowest BCUT2D eigenvalue weighted by atomic mass is 10.0. The van der Waals surface area contributed by atoms with E-state index in [1.165, 1.54) is 41.3 Å². The molecule has 4 aromatic rings. The van der Waals surface area contributed by atoms with Crippen LogP contribution in [0.4, 0.5) is 14.9 Å². The third kappa shape index (κ3) is 7.37. The molecular formula is C31H32FN7O6S. The zero-order chi connectivity index (χ0) is 33.1. The maximum Gasteiger partial charge on any atom is 0.339 e. The molecular weight excluding hydrogens is 617 g/mol. The van der Waals surface area contributed by atoms with Crippen LogP contribution >= 0.6 is 0 Å². The van der Waals surface area contributed by atoms with Gasteiger partial charge in [0.1, 0.15) is 11.4 Å². The quantitative estimate of drug-likeness (QED) is 0.240. The van der Waals surface area contributed by atoms with Crippen LogP contribution in [0.3, 0.4) is 0 Å². The molecule has 1 aliphatic rings. The number of anilines is 1. The Kier molecular flexibility index (Phi) is 9.14. The molecule has 15 heteroatoms. The number of carbonyl (C=O) groups is 3. The van der Waals surface area contributed by atoms with Gasteiger partial charge in [-0.15, -0.1) is 10.2 Å². The molecule has 1 saturated heterocycles. The van der Waals surface area contributed by atoms with E-state index < -0.39 is 44.4 Å². The third-order valence-corrected chi connectivity index (χ3v) is 9.37. The maximum absolute atomic E-state index is 14.6. The van der Waals surface area contributed by atoms with E-state index in [1.54, 1.807) is 51.1 Å². The standard InChI is InChI=1S/C31H32FN7O6S/c1-31(2,3)45-29(41)24-12-11-19(23-9-4-5-10-25(23)32)16-26(24)46(43,44)22-13-14-39(18-22)27(40)17-33-30(42)34-21-8-6-7-20(15-21)28-35-37-38-36-28/h4-12,15-16,22H,13-14,17-18H2,1-3H3,(H2,33,34,42)(H,35,36,37,38). The molecule has 0 bridgehead atoms. The third-order valence-electron chi connectivity index (χ3n) is 7.15. The first kappa shape index (κ1) is 32.2. The van der Waals surface area contributed by atoms with E-state index in [1.807, 2.05) is 0 Å². The predicted octanol–water partition coefficient (Wildman–Crippen LogP) is 3.82. The number of nitrogens with one attached hydrogen (secondary N) is 3. The highest BCUT2D eigenvalue weighted by molar-refractivity contribution is 7.92. The number of halogens is 1. The van der Waals surface area contributed by atoms with Gasteiger partial charge in [0.25, 0.3) is 0 Å². The van der Waals surface area contributed by atoms with Crippen LogP contribution in [0, 0.1) is 5.82 Å². The van der Waals surface area contributed by atoms with Gasteiger partial charge in [-0.3, -0.25) is 4.79 Å². The summed E-state index contributed by atoms with van der Waals surface area (Å²) in [5.41, 5.74) is 0.410. The zero-order valence-electron chi connectivity index (χ0n) is 25.3. The molecule has 1 atom stereocenters. The van der Waals surface area contributed by atoms with Crippen molar-refractivity contribution in [2.24, 2.45) is 0 Å². The van der Waals surface area contributed by atoms with Crippen LogP contribution in [0.15, 0.2) is 71.6 Å². The van der Waals surface area contributed by atoms with Crippen LogP contribution in [0.2, 0.25) is 0 Å². The summed E-state index contributed by atoms with van der Waals surface area (Å²) in [6.45, 7) is 4.57. The number of nitrogens with zero attached hydrogens (tertiary/aromatic N) is 4. The van der Waals surface area contributed by atoms with E-state index in [2.05, 4.69) is 31.3 Å². The van der Waals surface area contributed by atoms with Crippen molar-refractivity contribution in [2.75, 3.05) is 25.0 Å². The summed E-state index contributed by atoms with van der Waals surface area (Å²) >= 11 is 0. The molecule has 240 valence electrons. The summed E-state index contributed by atoms with van der Waals surface area (Å²) in [5, 5.41) is 17.7. The molecule has 0 radical (unpaired) electrons. The van der Waals surface area contributed by atoms with Crippen molar-refractivity contribution >= 4 is 33.4 Å². The molecule has 0 spiro atoms. The summed E-state index contributed by atoms with van der Waals surface area (Å²) in [5.74, 6) is -1.53. The average Bonchev–Trinajstić information content (AvgIpc) is 3.73. The number of benzene rings is 3. The molecule has 3 aromatic carbocycles. The van der Waals surface area contributed by atoms with Gasteiger partial charge in [-0.05, 0) is 68.3 Å². The molecule has 13 nitrogen and oxygen atoms in total. The van der Waals surface area contributed by atoms with E-state index in [0.29, 0.717) is 17.1 Å². The fourth-order valence-corrected chi connectivity index (χ4v) is 6.87. The fourth-order valence-electron chi connectivity index (χ4n) is 4.97. The Morgan fingerprint density at radius 1 is 1.04 bits per heavy atom. The van der Waals surface area contributed by atoms with Crippen LogP contribution in [-0.2, 0) is 19.4 Å². The number of hydrogen-bond acceptors (Lipinski definition) is 9. The zero-order valence-corrected chi connectivity index (χ0v) is 26.1. The normalized spacial score (nSPS) is 15.0. The van der Waals surface area contributed by atoms with Gasteiger partial charge < -0.3 is 20.3 Å². The molecule has 2 heterocycles. The summed E-state index contributed by atoms with van der Waals surface area (Å²) in [6, 6.07) is 16.0. The molecule has 5 rings (SSSR count). The second kappa shape index (κ2) is 13.0. The van der Waals surface area contributed by atoms with Crippen LogP contribution in [0.25, 0.3) is 22.5 Å². The van der Waals surface area contributed by atoms with Gasteiger partial charge in [-0.1, -0.05) is 36.4 Å². The first-order valence-corrected chi connectivity index (χ1v) is 15.9. The topological polar surface area (TPSA) is 176 Å². The van der Waals surface area contributed by atoms with E-state index in [0.717, 1.165) is 0 Å². The number of rotatable bonds is 8. The lowest BCUT2D eigenvalue weighted by molar-refractivity contribution is -0.128. The first-order valence-electron chi connectivity index (χ1n) is 14.3. The summed E-state index contributed by atoms with van der Waals surface area (Å²) in [7, 11) is -4.21. The van der Waals surface area contributed by atoms with Gasteiger partial charge in [0.15, 0.2) is 9.84 Å². The number of hydrogen-bond donors (Lipinski definition) is 3. The maximum atomic E-state index is 14.6. The highest BCUT2D eigenvalue weighted by Crippen LogP contribution is 2.32.